The fraction of sp³-hybridized carbons (Fsp3) is 0.556. The number of hydrogen-bond donors (Lipinski definition) is 2. The van der Waals surface area contributed by atoms with Crippen LogP contribution in [0.5, 0.6) is 0 Å². The Hall–Kier alpha value is -1.79. The Bertz CT molecular complexity index is 621. The number of rotatable bonds is 5. The van der Waals surface area contributed by atoms with E-state index in [1.54, 1.807) is 17.0 Å². The minimum atomic E-state index is -0.123. The number of nitrogens with zero attached hydrogens (tertiary/aromatic N) is 2. The first-order valence-corrected chi connectivity index (χ1v) is 9.28. The Labute approximate surface area is 153 Å². The third-order valence-corrected chi connectivity index (χ3v) is 4.84. The second-order valence-corrected chi connectivity index (χ2v) is 7.24. The van der Waals surface area contributed by atoms with Gasteiger partial charge >= 0.3 is 6.03 Å². The molecule has 0 aromatic heterocycles. The van der Waals surface area contributed by atoms with Gasteiger partial charge in [0.2, 0.25) is 5.91 Å². The Morgan fingerprint density at radius 3 is 2.76 bits per heavy atom. The molecule has 0 spiro atoms. The van der Waals surface area contributed by atoms with Crippen LogP contribution in [-0.2, 0) is 4.79 Å². The molecular formula is C18H25ClN4O2. The zero-order valence-electron chi connectivity index (χ0n) is 14.3. The lowest BCUT2D eigenvalue weighted by Gasteiger charge is -2.22. The summed E-state index contributed by atoms with van der Waals surface area (Å²) in [5, 5.41) is 6.47. The fourth-order valence-electron chi connectivity index (χ4n) is 2.94. The van der Waals surface area contributed by atoms with Crippen molar-refractivity contribution in [3.05, 3.63) is 29.3 Å². The molecule has 1 saturated carbocycles. The monoisotopic (exact) mass is 364 g/mol. The van der Waals surface area contributed by atoms with Crippen LogP contribution in [0.1, 0.15) is 19.3 Å². The zero-order chi connectivity index (χ0) is 17.6. The first-order valence-electron chi connectivity index (χ1n) is 8.91. The van der Waals surface area contributed by atoms with Crippen LogP contribution in [0.15, 0.2) is 24.3 Å². The van der Waals surface area contributed by atoms with Crippen molar-refractivity contribution >= 4 is 29.2 Å². The third kappa shape index (κ3) is 5.90. The summed E-state index contributed by atoms with van der Waals surface area (Å²) in [4.78, 5) is 28.3. The van der Waals surface area contributed by atoms with Crippen molar-refractivity contribution in [1.29, 1.82) is 0 Å². The van der Waals surface area contributed by atoms with Crippen LogP contribution >= 0.6 is 11.6 Å². The van der Waals surface area contributed by atoms with Gasteiger partial charge in [-0.2, -0.15) is 0 Å². The van der Waals surface area contributed by atoms with E-state index >= 15 is 0 Å². The van der Waals surface area contributed by atoms with Crippen LogP contribution in [0.4, 0.5) is 10.5 Å². The molecular weight excluding hydrogens is 340 g/mol. The summed E-state index contributed by atoms with van der Waals surface area (Å²) in [6.45, 7) is 4.06. The molecule has 1 saturated heterocycles. The highest BCUT2D eigenvalue weighted by Crippen LogP contribution is 2.27. The summed E-state index contributed by atoms with van der Waals surface area (Å²) < 4.78 is 0. The van der Waals surface area contributed by atoms with Crippen LogP contribution in [0.3, 0.4) is 0 Å². The number of carbonyl (C=O) groups is 2. The molecule has 1 aromatic rings. The maximum Gasteiger partial charge on any atom is 0.321 e. The Kier molecular flexibility index (Phi) is 6.15. The van der Waals surface area contributed by atoms with E-state index in [0.717, 1.165) is 19.5 Å². The highest BCUT2D eigenvalue weighted by molar-refractivity contribution is 6.30. The molecule has 1 aliphatic heterocycles. The Morgan fingerprint density at radius 1 is 1.16 bits per heavy atom. The van der Waals surface area contributed by atoms with Crippen LogP contribution < -0.4 is 10.6 Å². The topological polar surface area (TPSA) is 64.7 Å². The molecule has 136 valence electrons. The lowest BCUT2D eigenvalue weighted by Crippen LogP contribution is -2.41. The number of carbonyl (C=O) groups excluding carboxylic acids is 2. The molecule has 3 amide bonds. The molecule has 6 nitrogen and oxygen atoms in total. The van der Waals surface area contributed by atoms with Gasteiger partial charge in [0.1, 0.15) is 0 Å². The maximum absolute atomic E-state index is 12.4. The van der Waals surface area contributed by atoms with E-state index in [2.05, 4.69) is 15.5 Å². The van der Waals surface area contributed by atoms with Crippen LogP contribution in [0.2, 0.25) is 5.02 Å². The molecule has 2 N–H and O–H groups in total. The molecule has 0 bridgehead atoms. The highest BCUT2D eigenvalue weighted by atomic mass is 35.5. The summed E-state index contributed by atoms with van der Waals surface area (Å²) >= 11 is 5.95. The molecule has 0 atom stereocenters. The van der Waals surface area contributed by atoms with Crippen molar-refractivity contribution in [2.75, 3.05) is 44.6 Å². The number of nitrogens with one attached hydrogen (secondary N) is 2. The number of urea groups is 1. The van der Waals surface area contributed by atoms with Gasteiger partial charge in [-0.25, -0.2) is 4.79 Å². The van der Waals surface area contributed by atoms with E-state index in [1.165, 1.54) is 12.8 Å². The molecule has 1 aliphatic carbocycles. The normalized spacial score (nSPS) is 18.5. The lowest BCUT2D eigenvalue weighted by molar-refractivity contribution is -0.122. The number of halogens is 1. The zero-order valence-corrected chi connectivity index (χ0v) is 15.1. The van der Waals surface area contributed by atoms with Crippen molar-refractivity contribution in [3.63, 3.8) is 0 Å². The molecule has 3 rings (SSSR count). The number of benzene rings is 1. The standard InChI is InChI=1S/C18H25ClN4O2/c19-15-3-1-4-16(11-15)21-18(25)23-8-2-7-22(9-10-23)13-17(24)20-12-14-5-6-14/h1,3-4,11,14H,2,5-10,12-13H2,(H,20,24)(H,21,25). The van der Waals surface area contributed by atoms with Gasteiger partial charge in [0.05, 0.1) is 6.54 Å². The van der Waals surface area contributed by atoms with E-state index in [0.29, 0.717) is 42.8 Å². The second-order valence-electron chi connectivity index (χ2n) is 6.80. The van der Waals surface area contributed by atoms with Crippen molar-refractivity contribution < 1.29 is 9.59 Å². The second kappa shape index (κ2) is 8.54. The lowest BCUT2D eigenvalue weighted by atomic mass is 10.3. The molecule has 0 unspecified atom stereocenters. The predicted molar refractivity (Wildman–Crippen MR) is 98.8 cm³/mol. The van der Waals surface area contributed by atoms with Crippen molar-refractivity contribution in [2.45, 2.75) is 19.3 Å². The maximum atomic E-state index is 12.4. The Balaban J connectivity index is 1.43. The summed E-state index contributed by atoms with van der Waals surface area (Å²) in [5.41, 5.74) is 0.693. The first-order chi connectivity index (χ1) is 12.1. The van der Waals surface area contributed by atoms with Crippen LogP contribution in [-0.4, -0.2) is 61.0 Å². The number of hydrogen-bond acceptors (Lipinski definition) is 3. The molecule has 1 heterocycles. The smallest absolute Gasteiger partial charge is 0.321 e. The third-order valence-electron chi connectivity index (χ3n) is 4.60. The van der Waals surface area contributed by atoms with Crippen molar-refractivity contribution in [1.82, 2.24) is 15.1 Å². The average Bonchev–Trinajstić information content (AvgIpc) is 3.40. The van der Waals surface area contributed by atoms with Gasteiger partial charge in [-0.3, -0.25) is 9.69 Å². The number of anilines is 1. The number of amides is 3. The van der Waals surface area contributed by atoms with Gasteiger partial charge < -0.3 is 15.5 Å². The van der Waals surface area contributed by atoms with Gasteiger partial charge in [-0.05, 0) is 43.4 Å². The van der Waals surface area contributed by atoms with Crippen molar-refractivity contribution in [2.24, 2.45) is 5.92 Å². The van der Waals surface area contributed by atoms with Crippen LogP contribution in [0.25, 0.3) is 0 Å². The van der Waals surface area contributed by atoms with Gasteiger partial charge in [0, 0.05) is 43.4 Å². The van der Waals surface area contributed by atoms with Crippen molar-refractivity contribution in [3.8, 4) is 0 Å². The summed E-state index contributed by atoms with van der Waals surface area (Å²) in [5.74, 6) is 0.780. The SMILES string of the molecule is O=C(CN1CCCN(C(=O)Nc2cccc(Cl)c2)CC1)NCC1CC1. The Morgan fingerprint density at radius 2 is 2.00 bits per heavy atom. The van der Waals surface area contributed by atoms with E-state index in [9.17, 15) is 9.59 Å². The van der Waals surface area contributed by atoms with Gasteiger partial charge in [0.25, 0.3) is 0 Å². The molecule has 2 fully saturated rings. The quantitative estimate of drug-likeness (QED) is 0.843. The van der Waals surface area contributed by atoms with Gasteiger partial charge in [-0.15, -0.1) is 0 Å². The highest BCUT2D eigenvalue weighted by Gasteiger charge is 2.23. The largest absolute Gasteiger partial charge is 0.355 e. The molecule has 2 aliphatic rings. The molecule has 25 heavy (non-hydrogen) atoms. The summed E-state index contributed by atoms with van der Waals surface area (Å²) in [6, 6.07) is 7.01. The van der Waals surface area contributed by atoms with E-state index in [4.69, 9.17) is 11.6 Å². The van der Waals surface area contributed by atoms with Gasteiger partial charge in [0.15, 0.2) is 0 Å². The first kappa shape index (κ1) is 18.0. The molecule has 1 aromatic carbocycles. The van der Waals surface area contributed by atoms with Gasteiger partial charge in [-0.1, -0.05) is 17.7 Å². The summed E-state index contributed by atoms with van der Waals surface area (Å²) in [7, 11) is 0. The average molecular weight is 365 g/mol. The van der Waals surface area contributed by atoms with Crippen LogP contribution in [0, 0.1) is 5.92 Å². The molecule has 0 radical (unpaired) electrons. The molecule has 7 heteroatoms. The van der Waals surface area contributed by atoms with E-state index in [-0.39, 0.29) is 11.9 Å². The van der Waals surface area contributed by atoms with E-state index < -0.39 is 0 Å². The summed E-state index contributed by atoms with van der Waals surface area (Å²) in [6.07, 6.45) is 3.33. The minimum absolute atomic E-state index is 0.0868. The van der Waals surface area contributed by atoms with E-state index in [1.807, 2.05) is 12.1 Å². The predicted octanol–water partition coefficient (Wildman–Crippen LogP) is 2.41. The fourth-order valence-corrected chi connectivity index (χ4v) is 3.13. The minimum Gasteiger partial charge on any atom is -0.355 e.